The van der Waals surface area contributed by atoms with Crippen molar-refractivity contribution in [3.05, 3.63) is 29.8 Å². The van der Waals surface area contributed by atoms with E-state index in [1.165, 1.54) is 6.92 Å². The summed E-state index contributed by atoms with van der Waals surface area (Å²) in [6.07, 6.45) is 0. The molecule has 0 heterocycles. The van der Waals surface area contributed by atoms with E-state index in [1.807, 2.05) is 14.0 Å². The Morgan fingerprint density at radius 2 is 2.00 bits per heavy atom. The maximum atomic E-state index is 11.9. The van der Waals surface area contributed by atoms with Crippen LogP contribution in [-0.4, -0.2) is 31.4 Å². The molecule has 1 aromatic rings. The molecule has 0 aliphatic carbocycles. The molecule has 0 fully saturated rings. The third-order valence-electron chi connectivity index (χ3n) is 2.51. The predicted molar refractivity (Wildman–Crippen MR) is 78.8 cm³/mol. The zero-order chi connectivity index (χ0) is 13.5. The lowest BCUT2D eigenvalue weighted by Crippen LogP contribution is -2.37. The molecule has 2 amide bonds. The summed E-state index contributed by atoms with van der Waals surface area (Å²) in [6.45, 7) is 3.97. The minimum Gasteiger partial charge on any atom is -0.350 e. The maximum Gasteiger partial charge on any atom is 0.251 e. The molecule has 0 saturated heterocycles. The Hall–Kier alpha value is -1.59. The minimum absolute atomic E-state index is 0. The van der Waals surface area contributed by atoms with E-state index in [2.05, 4.69) is 16.0 Å². The summed E-state index contributed by atoms with van der Waals surface area (Å²) in [5.74, 6) is -0.305. The van der Waals surface area contributed by atoms with Crippen molar-refractivity contribution in [2.45, 2.75) is 19.9 Å². The molecule has 1 aromatic carbocycles. The van der Waals surface area contributed by atoms with Gasteiger partial charge in [-0.25, -0.2) is 0 Å². The molecule has 6 heteroatoms. The number of rotatable bonds is 5. The summed E-state index contributed by atoms with van der Waals surface area (Å²) < 4.78 is 0. The first kappa shape index (κ1) is 17.4. The second kappa shape index (κ2) is 8.50. The van der Waals surface area contributed by atoms with E-state index in [0.29, 0.717) is 17.8 Å². The highest BCUT2D eigenvalue weighted by atomic mass is 35.5. The number of benzene rings is 1. The average Bonchev–Trinajstić information content (AvgIpc) is 2.35. The van der Waals surface area contributed by atoms with Crippen LogP contribution in [0.1, 0.15) is 24.2 Å². The third-order valence-corrected chi connectivity index (χ3v) is 2.51. The summed E-state index contributed by atoms with van der Waals surface area (Å²) in [7, 11) is 1.84. The first-order valence-corrected chi connectivity index (χ1v) is 5.86. The average molecular weight is 286 g/mol. The number of anilines is 1. The molecule has 1 rings (SSSR count). The fraction of sp³-hybridized carbons (Fsp3) is 0.385. The molecule has 0 aliphatic rings. The molecule has 1 unspecified atom stereocenters. The molecule has 0 saturated carbocycles. The number of halogens is 1. The van der Waals surface area contributed by atoms with E-state index in [9.17, 15) is 9.59 Å². The van der Waals surface area contributed by atoms with E-state index in [0.717, 1.165) is 0 Å². The number of amides is 2. The number of carbonyl (C=O) groups excluding carboxylic acids is 2. The summed E-state index contributed by atoms with van der Waals surface area (Å²) in [5, 5.41) is 8.50. The predicted octanol–water partition coefficient (Wildman–Crippen LogP) is 1.40. The lowest BCUT2D eigenvalue weighted by Gasteiger charge is -2.12. The van der Waals surface area contributed by atoms with Crippen molar-refractivity contribution in [3.63, 3.8) is 0 Å². The van der Waals surface area contributed by atoms with Crippen LogP contribution in [0.4, 0.5) is 5.69 Å². The van der Waals surface area contributed by atoms with Gasteiger partial charge in [0.15, 0.2) is 0 Å². The topological polar surface area (TPSA) is 70.2 Å². The number of nitrogens with one attached hydrogen (secondary N) is 3. The van der Waals surface area contributed by atoms with Gasteiger partial charge in [0.05, 0.1) is 0 Å². The molecule has 19 heavy (non-hydrogen) atoms. The highest BCUT2D eigenvalue weighted by Crippen LogP contribution is 2.10. The van der Waals surface area contributed by atoms with Gasteiger partial charge in [0.2, 0.25) is 5.91 Å². The van der Waals surface area contributed by atoms with Gasteiger partial charge in [-0.1, -0.05) is 6.07 Å². The van der Waals surface area contributed by atoms with Gasteiger partial charge in [-0.3, -0.25) is 9.59 Å². The van der Waals surface area contributed by atoms with Gasteiger partial charge in [0.1, 0.15) is 0 Å². The SMILES string of the molecule is CNC(C)CNC(=O)c1cccc(NC(C)=O)c1.Cl. The molecular formula is C13H20ClN3O2. The monoisotopic (exact) mass is 285 g/mol. The van der Waals surface area contributed by atoms with Gasteiger partial charge in [-0.05, 0) is 32.2 Å². The molecule has 3 N–H and O–H groups in total. The second-order valence-corrected chi connectivity index (χ2v) is 4.16. The Kier molecular flexibility index (Phi) is 7.79. The van der Waals surface area contributed by atoms with E-state index < -0.39 is 0 Å². The Labute approximate surface area is 119 Å². The Morgan fingerprint density at radius 3 is 2.58 bits per heavy atom. The van der Waals surface area contributed by atoms with Crippen LogP contribution in [0.15, 0.2) is 24.3 Å². The van der Waals surface area contributed by atoms with Gasteiger partial charge < -0.3 is 16.0 Å². The highest BCUT2D eigenvalue weighted by molar-refractivity contribution is 5.96. The van der Waals surface area contributed by atoms with Gasteiger partial charge in [-0.2, -0.15) is 0 Å². The van der Waals surface area contributed by atoms with Crippen molar-refractivity contribution in [2.24, 2.45) is 0 Å². The Bertz CT molecular complexity index is 438. The van der Waals surface area contributed by atoms with E-state index >= 15 is 0 Å². The third kappa shape index (κ3) is 6.22. The standard InChI is InChI=1S/C13H19N3O2.ClH/c1-9(14-3)8-15-13(18)11-5-4-6-12(7-11)16-10(2)17;/h4-7,9,14H,8H2,1-3H3,(H,15,18)(H,16,17);1H. The molecular weight excluding hydrogens is 266 g/mol. The molecule has 106 valence electrons. The van der Waals surface area contributed by atoms with Crippen molar-refractivity contribution < 1.29 is 9.59 Å². The lowest BCUT2D eigenvalue weighted by molar-refractivity contribution is -0.114. The number of hydrogen-bond acceptors (Lipinski definition) is 3. The van der Waals surface area contributed by atoms with Crippen LogP contribution in [0.3, 0.4) is 0 Å². The first-order chi connectivity index (χ1) is 8.52. The Morgan fingerprint density at radius 1 is 1.32 bits per heavy atom. The molecule has 0 spiro atoms. The summed E-state index contributed by atoms with van der Waals surface area (Å²) in [5.41, 5.74) is 1.15. The van der Waals surface area contributed by atoms with Crippen LogP contribution < -0.4 is 16.0 Å². The summed E-state index contributed by atoms with van der Waals surface area (Å²) in [6, 6.07) is 7.06. The van der Waals surface area contributed by atoms with Gasteiger partial charge in [0, 0.05) is 30.8 Å². The molecule has 1 atom stereocenters. The molecule has 0 aliphatic heterocycles. The summed E-state index contributed by atoms with van der Waals surface area (Å²) in [4.78, 5) is 22.8. The fourth-order valence-electron chi connectivity index (χ4n) is 1.39. The van der Waals surface area contributed by atoms with Crippen LogP contribution in [0.25, 0.3) is 0 Å². The lowest BCUT2D eigenvalue weighted by atomic mass is 10.2. The van der Waals surface area contributed by atoms with Crippen LogP contribution in [-0.2, 0) is 4.79 Å². The van der Waals surface area contributed by atoms with E-state index in [4.69, 9.17) is 0 Å². The number of carbonyl (C=O) groups is 2. The zero-order valence-corrected chi connectivity index (χ0v) is 12.1. The van der Waals surface area contributed by atoms with Gasteiger partial charge in [0.25, 0.3) is 5.91 Å². The first-order valence-electron chi connectivity index (χ1n) is 5.86. The van der Waals surface area contributed by atoms with Crippen molar-refractivity contribution in [1.29, 1.82) is 0 Å². The van der Waals surface area contributed by atoms with Crippen LogP contribution in [0.5, 0.6) is 0 Å². The van der Waals surface area contributed by atoms with Gasteiger partial charge >= 0.3 is 0 Å². The smallest absolute Gasteiger partial charge is 0.251 e. The number of hydrogen-bond donors (Lipinski definition) is 3. The maximum absolute atomic E-state index is 11.9. The van der Waals surface area contributed by atoms with Crippen molar-refractivity contribution in [1.82, 2.24) is 10.6 Å². The van der Waals surface area contributed by atoms with Crippen LogP contribution in [0.2, 0.25) is 0 Å². The largest absolute Gasteiger partial charge is 0.350 e. The van der Waals surface area contributed by atoms with Crippen molar-refractivity contribution >= 4 is 29.9 Å². The Balaban J connectivity index is 0.00000324. The van der Waals surface area contributed by atoms with E-state index in [-0.39, 0.29) is 30.3 Å². The molecule has 0 bridgehead atoms. The number of likely N-dealkylation sites (N-methyl/N-ethyl adjacent to an activating group) is 1. The normalized spacial score (nSPS) is 11.1. The van der Waals surface area contributed by atoms with Crippen molar-refractivity contribution in [3.8, 4) is 0 Å². The molecule has 5 nitrogen and oxygen atoms in total. The molecule has 0 aromatic heterocycles. The zero-order valence-electron chi connectivity index (χ0n) is 11.3. The van der Waals surface area contributed by atoms with Crippen molar-refractivity contribution in [2.75, 3.05) is 18.9 Å². The second-order valence-electron chi connectivity index (χ2n) is 4.16. The van der Waals surface area contributed by atoms with Crippen LogP contribution >= 0.6 is 12.4 Å². The quantitative estimate of drug-likeness (QED) is 0.766. The van der Waals surface area contributed by atoms with E-state index in [1.54, 1.807) is 24.3 Å². The fourth-order valence-corrected chi connectivity index (χ4v) is 1.39. The summed E-state index contributed by atoms with van der Waals surface area (Å²) >= 11 is 0. The van der Waals surface area contributed by atoms with Crippen LogP contribution in [0, 0.1) is 0 Å². The minimum atomic E-state index is -0.156. The molecule has 0 radical (unpaired) electrons. The van der Waals surface area contributed by atoms with Gasteiger partial charge in [-0.15, -0.1) is 12.4 Å². The highest BCUT2D eigenvalue weighted by Gasteiger charge is 2.07.